The summed E-state index contributed by atoms with van der Waals surface area (Å²) in [7, 11) is 0. The summed E-state index contributed by atoms with van der Waals surface area (Å²) < 4.78 is 0. The number of pyridine rings is 1. The first kappa shape index (κ1) is 17.9. The molecule has 0 aliphatic carbocycles. The van der Waals surface area contributed by atoms with Crippen LogP contribution in [0, 0.1) is 6.92 Å². The number of nitrogens with one attached hydrogen (secondary N) is 1. The van der Waals surface area contributed by atoms with Crippen molar-refractivity contribution in [2.75, 3.05) is 19.6 Å². The lowest BCUT2D eigenvalue weighted by Gasteiger charge is -2.36. The molecule has 0 spiro atoms. The van der Waals surface area contributed by atoms with Crippen molar-refractivity contribution in [3.05, 3.63) is 65.0 Å². The smallest absolute Gasteiger partial charge is 0.0476 e. The van der Waals surface area contributed by atoms with E-state index in [1.807, 2.05) is 12.3 Å². The fourth-order valence-corrected chi connectivity index (χ4v) is 3.14. The van der Waals surface area contributed by atoms with Crippen molar-refractivity contribution >= 4 is 12.4 Å². The number of benzene rings is 1. The zero-order valence-electron chi connectivity index (χ0n) is 14.0. The Morgan fingerprint density at radius 1 is 1.22 bits per heavy atom. The van der Waals surface area contributed by atoms with Gasteiger partial charge in [-0.1, -0.05) is 37.3 Å². The average Bonchev–Trinajstić information content (AvgIpc) is 2.58. The lowest BCUT2D eigenvalue weighted by Crippen LogP contribution is -2.45. The van der Waals surface area contributed by atoms with E-state index in [2.05, 4.69) is 59.4 Å². The lowest BCUT2D eigenvalue weighted by atomic mass is 10.00. The summed E-state index contributed by atoms with van der Waals surface area (Å²) in [5, 5.41) is 3.54. The molecule has 0 amide bonds. The monoisotopic (exact) mass is 331 g/mol. The molecule has 1 saturated heterocycles. The maximum Gasteiger partial charge on any atom is 0.0476 e. The lowest BCUT2D eigenvalue weighted by molar-refractivity contribution is 0.153. The molecule has 2 heterocycles. The summed E-state index contributed by atoms with van der Waals surface area (Å²) in [5.74, 6) is 0. The molecular weight excluding hydrogens is 306 g/mol. The number of rotatable bonds is 4. The van der Waals surface area contributed by atoms with Crippen LogP contribution in [0.15, 0.2) is 42.6 Å². The fraction of sp³-hybridized carbons (Fsp3) is 0.421. The van der Waals surface area contributed by atoms with Crippen molar-refractivity contribution in [3.63, 3.8) is 0 Å². The van der Waals surface area contributed by atoms with Crippen LogP contribution in [-0.4, -0.2) is 29.5 Å². The van der Waals surface area contributed by atoms with Crippen molar-refractivity contribution in [1.29, 1.82) is 0 Å². The number of nitrogens with zero attached hydrogens (tertiary/aromatic N) is 2. The molecule has 1 atom stereocenters. The standard InChI is InChI=1S/C19H25N3.ClH/c1-3-16-6-8-17(9-7-16)19-13-20-11-12-22(19)14-18-5-4-10-21-15(18)2;/h4-10,19-20H,3,11-14H2,1-2H3;1H. The Bertz CT molecular complexity index is 612. The van der Waals surface area contributed by atoms with Gasteiger partial charge < -0.3 is 5.32 Å². The minimum atomic E-state index is 0. The molecule has 1 aromatic carbocycles. The highest BCUT2D eigenvalue weighted by Gasteiger charge is 2.24. The van der Waals surface area contributed by atoms with Gasteiger partial charge in [-0.25, -0.2) is 0 Å². The van der Waals surface area contributed by atoms with Gasteiger partial charge in [0.25, 0.3) is 0 Å². The molecule has 23 heavy (non-hydrogen) atoms. The van der Waals surface area contributed by atoms with Crippen molar-refractivity contribution in [2.45, 2.75) is 32.9 Å². The molecule has 1 fully saturated rings. The molecule has 3 rings (SSSR count). The molecule has 4 heteroatoms. The van der Waals surface area contributed by atoms with E-state index >= 15 is 0 Å². The van der Waals surface area contributed by atoms with Crippen LogP contribution in [-0.2, 0) is 13.0 Å². The predicted molar refractivity (Wildman–Crippen MR) is 98.1 cm³/mol. The van der Waals surface area contributed by atoms with Crippen molar-refractivity contribution < 1.29 is 0 Å². The molecule has 1 unspecified atom stereocenters. The first-order valence-corrected chi connectivity index (χ1v) is 8.22. The van der Waals surface area contributed by atoms with E-state index in [1.165, 1.54) is 16.7 Å². The summed E-state index contributed by atoms with van der Waals surface area (Å²) in [4.78, 5) is 6.99. The maximum atomic E-state index is 4.42. The minimum absolute atomic E-state index is 0. The van der Waals surface area contributed by atoms with Crippen LogP contribution < -0.4 is 5.32 Å². The van der Waals surface area contributed by atoms with E-state index in [0.29, 0.717) is 6.04 Å². The number of aromatic nitrogens is 1. The molecule has 124 valence electrons. The highest BCUT2D eigenvalue weighted by Crippen LogP contribution is 2.25. The van der Waals surface area contributed by atoms with E-state index in [1.54, 1.807) is 0 Å². The van der Waals surface area contributed by atoms with Crippen LogP contribution in [0.4, 0.5) is 0 Å². The quantitative estimate of drug-likeness (QED) is 0.929. The van der Waals surface area contributed by atoms with Crippen LogP contribution in [0.1, 0.15) is 35.3 Å². The molecule has 1 aliphatic rings. The molecule has 0 bridgehead atoms. The van der Waals surface area contributed by atoms with Gasteiger partial charge >= 0.3 is 0 Å². The Morgan fingerprint density at radius 2 is 2.00 bits per heavy atom. The van der Waals surface area contributed by atoms with Crippen LogP contribution in [0.2, 0.25) is 0 Å². The summed E-state index contributed by atoms with van der Waals surface area (Å²) in [6.07, 6.45) is 2.97. The Hall–Kier alpha value is -1.42. The molecule has 1 aliphatic heterocycles. The first-order chi connectivity index (χ1) is 10.8. The largest absolute Gasteiger partial charge is 0.314 e. The van der Waals surface area contributed by atoms with E-state index in [0.717, 1.165) is 38.3 Å². The summed E-state index contributed by atoms with van der Waals surface area (Å²) in [6.45, 7) is 8.43. The van der Waals surface area contributed by atoms with E-state index < -0.39 is 0 Å². The van der Waals surface area contributed by atoms with Crippen LogP contribution in [0.25, 0.3) is 0 Å². The molecule has 0 saturated carbocycles. The van der Waals surface area contributed by atoms with Gasteiger partial charge in [-0.15, -0.1) is 12.4 Å². The Labute approximate surface area is 145 Å². The summed E-state index contributed by atoms with van der Waals surface area (Å²) >= 11 is 0. The van der Waals surface area contributed by atoms with Gasteiger partial charge in [-0.2, -0.15) is 0 Å². The van der Waals surface area contributed by atoms with Crippen LogP contribution in [0.5, 0.6) is 0 Å². The molecule has 3 nitrogen and oxygen atoms in total. The average molecular weight is 332 g/mol. The topological polar surface area (TPSA) is 28.2 Å². The van der Waals surface area contributed by atoms with Crippen molar-refractivity contribution in [2.24, 2.45) is 0 Å². The third-order valence-electron chi connectivity index (χ3n) is 4.62. The Morgan fingerprint density at radius 3 is 2.70 bits per heavy atom. The second-order valence-electron chi connectivity index (χ2n) is 6.03. The SMILES string of the molecule is CCc1ccc(C2CNCCN2Cc2cccnc2C)cc1.Cl. The van der Waals surface area contributed by atoms with Gasteiger partial charge in [0.15, 0.2) is 0 Å². The number of hydrogen-bond acceptors (Lipinski definition) is 3. The number of aryl methyl sites for hydroxylation is 2. The second kappa shape index (κ2) is 8.44. The van der Waals surface area contributed by atoms with Crippen LogP contribution in [0.3, 0.4) is 0 Å². The minimum Gasteiger partial charge on any atom is -0.314 e. The van der Waals surface area contributed by atoms with Gasteiger partial charge in [0, 0.05) is 44.1 Å². The van der Waals surface area contributed by atoms with Gasteiger partial charge in [0.2, 0.25) is 0 Å². The summed E-state index contributed by atoms with van der Waals surface area (Å²) in [5.41, 5.74) is 5.29. The highest BCUT2D eigenvalue weighted by molar-refractivity contribution is 5.85. The van der Waals surface area contributed by atoms with Crippen molar-refractivity contribution in [3.8, 4) is 0 Å². The Balaban J connectivity index is 0.00000192. The molecule has 0 radical (unpaired) electrons. The fourth-order valence-electron chi connectivity index (χ4n) is 3.14. The first-order valence-electron chi connectivity index (χ1n) is 8.22. The molecule has 1 N–H and O–H groups in total. The van der Waals surface area contributed by atoms with E-state index in [9.17, 15) is 0 Å². The number of halogens is 1. The van der Waals surface area contributed by atoms with Gasteiger partial charge in [-0.05, 0) is 36.1 Å². The third kappa shape index (κ3) is 4.31. The highest BCUT2D eigenvalue weighted by atomic mass is 35.5. The zero-order valence-corrected chi connectivity index (χ0v) is 14.8. The summed E-state index contributed by atoms with van der Waals surface area (Å²) in [6, 6.07) is 13.8. The van der Waals surface area contributed by atoms with E-state index in [-0.39, 0.29) is 12.4 Å². The van der Waals surface area contributed by atoms with Crippen molar-refractivity contribution in [1.82, 2.24) is 15.2 Å². The number of piperazine rings is 1. The predicted octanol–water partition coefficient (Wildman–Crippen LogP) is 3.52. The van der Waals surface area contributed by atoms with Gasteiger partial charge in [-0.3, -0.25) is 9.88 Å². The zero-order chi connectivity index (χ0) is 15.4. The second-order valence-corrected chi connectivity index (χ2v) is 6.03. The normalized spacial score (nSPS) is 18.4. The molecular formula is C19H26ClN3. The number of hydrogen-bond donors (Lipinski definition) is 1. The molecule has 2 aromatic rings. The maximum absolute atomic E-state index is 4.42. The van der Waals surface area contributed by atoms with Gasteiger partial charge in [0.1, 0.15) is 0 Å². The molecule has 1 aromatic heterocycles. The Kier molecular flexibility index (Phi) is 6.58. The van der Waals surface area contributed by atoms with Crippen LogP contribution >= 0.6 is 12.4 Å². The third-order valence-corrected chi connectivity index (χ3v) is 4.62. The van der Waals surface area contributed by atoms with Gasteiger partial charge in [0.05, 0.1) is 0 Å². The van der Waals surface area contributed by atoms with E-state index in [4.69, 9.17) is 0 Å².